The van der Waals surface area contributed by atoms with Crippen LogP contribution >= 0.6 is 0 Å². The lowest BCUT2D eigenvalue weighted by molar-refractivity contribution is -0.121. The van der Waals surface area contributed by atoms with Crippen LogP contribution in [0.15, 0.2) is 30.3 Å². The van der Waals surface area contributed by atoms with E-state index in [0.717, 1.165) is 5.75 Å². The van der Waals surface area contributed by atoms with E-state index in [4.69, 9.17) is 4.74 Å². The SMILES string of the molecule is CC(C)CNC(=O)CCNCC(O)COc1ccccc1. The Morgan fingerprint density at radius 2 is 1.95 bits per heavy atom. The Bertz CT molecular complexity index is 396. The second-order valence-corrected chi connectivity index (χ2v) is 5.43. The van der Waals surface area contributed by atoms with E-state index in [0.29, 0.717) is 32.0 Å². The second-order valence-electron chi connectivity index (χ2n) is 5.43. The summed E-state index contributed by atoms with van der Waals surface area (Å²) in [5, 5.41) is 15.7. The molecule has 0 saturated carbocycles. The number of nitrogens with one attached hydrogen (secondary N) is 2. The first-order valence-electron chi connectivity index (χ1n) is 7.41. The van der Waals surface area contributed by atoms with Crippen LogP contribution in [0.2, 0.25) is 0 Å². The fourth-order valence-corrected chi connectivity index (χ4v) is 1.65. The van der Waals surface area contributed by atoms with E-state index in [1.165, 1.54) is 0 Å². The molecule has 0 radical (unpaired) electrons. The number of para-hydroxylation sites is 1. The molecule has 0 saturated heterocycles. The van der Waals surface area contributed by atoms with Crippen LogP contribution in [0.5, 0.6) is 5.75 Å². The second kappa shape index (κ2) is 10.2. The van der Waals surface area contributed by atoms with Gasteiger partial charge in [0.2, 0.25) is 5.91 Å². The van der Waals surface area contributed by atoms with Crippen LogP contribution in [0, 0.1) is 5.92 Å². The molecule has 0 aliphatic rings. The summed E-state index contributed by atoms with van der Waals surface area (Å²) < 4.78 is 5.44. The van der Waals surface area contributed by atoms with Crippen molar-refractivity contribution >= 4 is 5.91 Å². The number of aliphatic hydroxyl groups excluding tert-OH is 1. The van der Waals surface area contributed by atoms with Gasteiger partial charge in [0.25, 0.3) is 0 Å². The zero-order valence-electron chi connectivity index (χ0n) is 12.8. The normalized spacial score (nSPS) is 12.2. The van der Waals surface area contributed by atoms with Crippen molar-refractivity contribution < 1.29 is 14.6 Å². The molecule has 5 heteroatoms. The van der Waals surface area contributed by atoms with E-state index in [-0.39, 0.29) is 12.5 Å². The third-order valence-electron chi connectivity index (χ3n) is 2.80. The Kier molecular flexibility index (Phi) is 8.47. The lowest BCUT2D eigenvalue weighted by Gasteiger charge is -2.13. The van der Waals surface area contributed by atoms with Gasteiger partial charge in [-0.2, -0.15) is 0 Å². The molecule has 0 heterocycles. The molecule has 1 amide bonds. The number of ether oxygens (including phenoxy) is 1. The zero-order valence-corrected chi connectivity index (χ0v) is 12.8. The van der Waals surface area contributed by atoms with Gasteiger partial charge in [-0.25, -0.2) is 0 Å². The maximum absolute atomic E-state index is 11.5. The first-order chi connectivity index (χ1) is 10.1. The van der Waals surface area contributed by atoms with Gasteiger partial charge in [-0.1, -0.05) is 32.0 Å². The Labute approximate surface area is 126 Å². The summed E-state index contributed by atoms with van der Waals surface area (Å²) in [6, 6.07) is 9.37. The highest BCUT2D eigenvalue weighted by molar-refractivity contribution is 5.76. The summed E-state index contributed by atoms with van der Waals surface area (Å²) in [6.45, 7) is 6.00. The molecule has 1 atom stereocenters. The molecule has 0 fully saturated rings. The van der Waals surface area contributed by atoms with Crippen molar-refractivity contribution in [1.29, 1.82) is 0 Å². The highest BCUT2D eigenvalue weighted by Crippen LogP contribution is 2.08. The Morgan fingerprint density at radius 3 is 2.62 bits per heavy atom. The van der Waals surface area contributed by atoms with Crippen molar-refractivity contribution in [3.8, 4) is 5.75 Å². The van der Waals surface area contributed by atoms with Crippen LogP contribution in [0.1, 0.15) is 20.3 Å². The molecule has 21 heavy (non-hydrogen) atoms. The molecule has 1 unspecified atom stereocenters. The third kappa shape index (κ3) is 9.05. The summed E-state index contributed by atoms with van der Waals surface area (Å²) in [6.07, 6.45) is -0.178. The molecular formula is C16H26N2O3. The summed E-state index contributed by atoms with van der Waals surface area (Å²) in [4.78, 5) is 11.5. The van der Waals surface area contributed by atoms with Crippen molar-refractivity contribution in [2.45, 2.75) is 26.4 Å². The predicted octanol–water partition coefficient (Wildman–Crippen LogP) is 1.18. The van der Waals surface area contributed by atoms with Crippen molar-refractivity contribution in [3.63, 3.8) is 0 Å². The summed E-state index contributed by atoms with van der Waals surface area (Å²) in [5.41, 5.74) is 0. The molecular weight excluding hydrogens is 268 g/mol. The van der Waals surface area contributed by atoms with Gasteiger partial charge in [-0.15, -0.1) is 0 Å². The molecule has 0 aliphatic heterocycles. The molecule has 3 N–H and O–H groups in total. The Balaban J connectivity index is 2.03. The number of amides is 1. The quantitative estimate of drug-likeness (QED) is 0.567. The molecule has 5 nitrogen and oxygen atoms in total. The topological polar surface area (TPSA) is 70.6 Å². The van der Waals surface area contributed by atoms with Crippen LogP contribution in [-0.2, 0) is 4.79 Å². The maximum Gasteiger partial charge on any atom is 0.221 e. The summed E-state index contributed by atoms with van der Waals surface area (Å²) in [7, 11) is 0. The fraction of sp³-hybridized carbons (Fsp3) is 0.562. The van der Waals surface area contributed by atoms with Crippen LogP contribution in [-0.4, -0.2) is 43.4 Å². The standard InChI is InChI=1S/C16H26N2O3/c1-13(2)10-18-16(20)8-9-17-11-14(19)12-21-15-6-4-3-5-7-15/h3-7,13-14,17,19H,8-12H2,1-2H3,(H,18,20). The van der Waals surface area contributed by atoms with Crippen LogP contribution in [0.4, 0.5) is 0 Å². The zero-order chi connectivity index (χ0) is 15.5. The summed E-state index contributed by atoms with van der Waals surface area (Å²) >= 11 is 0. The van der Waals surface area contributed by atoms with Gasteiger partial charge >= 0.3 is 0 Å². The van der Waals surface area contributed by atoms with Crippen LogP contribution < -0.4 is 15.4 Å². The lowest BCUT2D eigenvalue weighted by atomic mass is 10.2. The number of rotatable bonds is 10. The van der Waals surface area contributed by atoms with Crippen molar-refractivity contribution in [2.75, 3.05) is 26.2 Å². The Hall–Kier alpha value is -1.59. The van der Waals surface area contributed by atoms with E-state index in [1.807, 2.05) is 30.3 Å². The minimum Gasteiger partial charge on any atom is -0.491 e. The molecule has 1 aromatic rings. The maximum atomic E-state index is 11.5. The third-order valence-corrected chi connectivity index (χ3v) is 2.80. The first kappa shape index (κ1) is 17.5. The van der Waals surface area contributed by atoms with Gasteiger partial charge in [0, 0.05) is 26.1 Å². The Morgan fingerprint density at radius 1 is 1.24 bits per heavy atom. The molecule has 1 rings (SSSR count). The fourth-order valence-electron chi connectivity index (χ4n) is 1.65. The number of hydrogen-bond donors (Lipinski definition) is 3. The van der Waals surface area contributed by atoms with E-state index >= 15 is 0 Å². The van der Waals surface area contributed by atoms with Gasteiger partial charge < -0.3 is 20.5 Å². The van der Waals surface area contributed by atoms with Crippen LogP contribution in [0.25, 0.3) is 0 Å². The lowest BCUT2D eigenvalue weighted by Crippen LogP contribution is -2.35. The van der Waals surface area contributed by atoms with Gasteiger partial charge in [0.15, 0.2) is 0 Å². The minimum absolute atomic E-state index is 0.0335. The van der Waals surface area contributed by atoms with Crippen LogP contribution in [0.3, 0.4) is 0 Å². The minimum atomic E-state index is -0.594. The molecule has 1 aromatic carbocycles. The van der Waals surface area contributed by atoms with E-state index in [2.05, 4.69) is 24.5 Å². The first-order valence-corrected chi connectivity index (χ1v) is 7.41. The van der Waals surface area contributed by atoms with E-state index in [1.54, 1.807) is 0 Å². The van der Waals surface area contributed by atoms with Gasteiger partial charge in [0.05, 0.1) is 0 Å². The van der Waals surface area contributed by atoms with Crippen molar-refractivity contribution in [1.82, 2.24) is 10.6 Å². The molecule has 0 bridgehead atoms. The number of benzene rings is 1. The van der Waals surface area contributed by atoms with Crippen molar-refractivity contribution in [2.24, 2.45) is 5.92 Å². The molecule has 0 aliphatic carbocycles. The average Bonchev–Trinajstić information content (AvgIpc) is 2.48. The molecule has 0 aromatic heterocycles. The van der Waals surface area contributed by atoms with E-state index in [9.17, 15) is 9.90 Å². The monoisotopic (exact) mass is 294 g/mol. The highest BCUT2D eigenvalue weighted by Gasteiger charge is 2.06. The van der Waals surface area contributed by atoms with Crippen molar-refractivity contribution in [3.05, 3.63) is 30.3 Å². The van der Waals surface area contributed by atoms with Gasteiger partial charge in [-0.3, -0.25) is 4.79 Å². The number of aliphatic hydroxyl groups is 1. The summed E-state index contributed by atoms with van der Waals surface area (Å²) in [5.74, 6) is 1.23. The molecule has 0 spiro atoms. The number of carbonyl (C=O) groups excluding carboxylic acids is 1. The van der Waals surface area contributed by atoms with Gasteiger partial charge in [-0.05, 0) is 18.1 Å². The highest BCUT2D eigenvalue weighted by atomic mass is 16.5. The number of hydrogen-bond acceptors (Lipinski definition) is 4. The van der Waals surface area contributed by atoms with E-state index < -0.39 is 6.10 Å². The molecule has 118 valence electrons. The average molecular weight is 294 g/mol. The smallest absolute Gasteiger partial charge is 0.221 e. The number of carbonyl (C=O) groups is 1. The predicted molar refractivity (Wildman–Crippen MR) is 83.3 cm³/mol. The van der Waals surface area contributed by atoms with Gasteiger partial charge in [0.1, 0.15) is 18.5 Å². The largest absolute Gasteiger partial charge is 0.491 e.